The van der Waals surface area contributed by atoms with Crippen molar-refractivity contribution in [3.05, 3.63) is 64.7 Å². The maximum atomic E-state index is 12.6. The van der Waals surface area contributed by atoms with Crippen molar-refractivity contribution >= 4 is 17.4 Å². The standard InChI is InChI=1S/C18H14F3NO2/c1-11-2-7-15-14(10-11)16(23)8-9-22(15)17(24)12-3-5-13(6-4-12)18(19,20)21/h2-7,10H,8-9H2,1H3. The third-order valence-electron chi connectivity index (χ3n) is 4.01. The van der Waals surface area contributed by atoms with E-state index in [1.54, 1.807) is 18.2 Å². The molecule has 6 heteroatoms. The molecule has 2 aromatic rings. The molecule has 0 saturated heterocycles. The number of fused-ring (bicyclic) bond motifs is 1. The number of carbonyl (C=O) groups excluding carboxylic acids is 2. The number of aryl methyl sites for hydroxylation is 1. The van der Waals surface area contributed by atoms with E-state index in [4.69, 9.17) is 0 Å². The van der Waals surface area contributed by atoms with Crippen LogP contribution in [0, 0.1) is 6.92 Å². The number of Topliss-reactive ketones (excluding diaryl/α,β-unsaturated/α-hetero) is 1. The van der Waals surface area contributed by atoms with Gasteiger partial charge in [0.05, 0.1) is 11.3 Å². The van der Waals surface area contributed by atoms with E-state index in [1.165, 1.54) is 4.90 Å². The van der Waals surface area contributed by atoms with Gasteiger partial charge in [0.2, 0.25) is 0 Å². The van der Waals surface area contributed by atoms with Crippen LogP contribution in [0.2, 0.25) is 0 Å². The van der Waals surface area contributed by atoms with E-state index in [0.29, 0.717) is 11.3 Å². The zero-order valence-electron chi connectivity index (χ0n) is 12.9. The lowest BCUT2D eigenvalue weighted by Crippen LogP contribution is -2.37. The molecule has 2 aromatic carbocycles. The molecule has 3 rings (SSSR count). The summed E-state index contributed by atoms with van der Waals surface area (Å²) in [6.45, 7) is 2.07. The van der Waals surface area contributed by atoms with Crippen LogP contribution in [-0.2, 0) is 6.18 Å². The molecule has 1 aliphatic heterocycles. The lowest BCUT2D eigenvalue weighted by Gasteiger charge is -2.29. The molecule has 0 unspecified atom stereocenters. The highest BCUT2D eigenvalue weighted by molar-refractivity contribution is 6.13. The molecule has 0 spiro atoms. The van der Waals surface area contributed by atoms with Gasteiger partial charge in [0.15, 0.2) is 5.78 Å². The minimum absolute atomic E-state index is 0.0369. The number of amides is 1. The average Bonchev–Trinajstić information content (AvgIpc) is 2.54. The molecule has 0 aromatic heterocycles. The van der Waals surface area contributed by atoms with Crippen LogP contribution in [0.25, 0.3) is 0 Å². The van der Waals surface area contributed by atoms with Crippen LogP contribution in [-0.4, -0.2) is 18.2 Å². The first-order valence-corrected chi connectivity index (χ1v) is 7.40. The van der Waals surface area contributed by atoms with Gasteiger partial charge in [-0.25, -0.2) is 0 Å². The highest BCUT2D eigenvalue weighted by atomic mass is 19.4. The van der Waals surface area contributed by atoms with Crippen LogP contribution in [0.15, 0.2) is 42.5 Å². The quantitative estimate of drug-likeness (QED) is 0.782. The van der Waals surface area contributed by atoms with Gasteiger partial charge in [0.25, 0.3) is 5.91 Å². The summed E-state index contributed by atoms with van der Waals surface area (Å²) in [4.78, 5) is 26.1. The van der Waals surface area contributed by atoms with Gasteiger partial charge in [-0.15, -0.1) is 0 Å². The van der Waals surface area contributed by atoms with Crippen molar-refractivity contribution in [2.24, 2.45) is 0 Å². The Labute approximate surface area is 136 Å². The normalized spacial score (nSPS) is 14.5. The van der Waals surface area contributed by atoms with Crippen LogP contribution < -0.4 is 4.90 Å². The average molecular weight is 333 g/mol. The number of ketones is 1. The third-order valence-corrected chi connectivity index (χ3v) is 4.01. The molecule has 1 amide bonds. The molecule has 0 saturated carbocycles. The molecule has 0 atom stereocenters. The fraction of sp³-hybridized carbons (Fsp3) is 0.222. The van der Waals surface area contributed by atoms with Crippen LogP contribution in [0.5, 0.6) is 0 Å². The summed E-state index contributed by atoms with van der Waals surface area (Å²) in [5.74, 6) is -0.452. The van der Waals surface area contributed by atoms with Gasteiger partial charge < -0.3 is 4.90 Å². The number of rotatable bonds is 1. The predicted octanol–water partition coefficient (Wildman–Crippen LogP) is 4.25. The molecular formula is C18H14F3NO2. The second kappa shape index (κ2) is 5.78. The Morgan fingerprint density at radius 3 is 2.38 bits per heavy atom. The van der Waals surface area contributed by atoms with Gasteiger partial charge in [0, 0.05) is 24.1 Å². The Morgan fingerprint density at radius 2 is 1.75 bits per heavy atom. The number of anilines is 1. The third kappa shape index (κ3) is 2.91. The molecule has 0 radical (unpaired) electrons. The van der Waals surface area contributed by atoms with E-state index >= 15 is 0 Å². The lowest BCUT2D eigenvalue weighted by atomic mass is 9.97. The van der Waals surface area contributed by atoms with Crippen molar-refractivity contribution in [1.82, 2.24) is 0 Å². The van der Waals surface area contributed by atoms with Crippen molar-refractivity contribution in [2.45, 2.75) is 19.5 Å². The predicted molar refractivity (Wildman–Crippen MR) is 83.2 cm³/mol. The van der Waals surface area contributed by atoms with E-state index in [9.17, 15) is 22.8 Å². The summed E-state index contributed by atoms with van der Waals surface area (Å²) < 4.78 is 37.9. The van der Waals surface area contributed by atoms with Gasteiger partial charge in [-0.05, 0) is 43.3 Å². The Morgan fingerprint density at radius 1 is 1.08 bits per heavy atom. The molecule has 0 bridgehead atoms. The lowest BCUT2D eigenvalue weighted by molar-refractivity contribution is -0.137. The zero-order valence-corrected chi connectivity index (χ0v) is 12.9. The number of nitrogens with zero attached hydrogens (tertiary/aromatic N) is 1. The summed E-state index contributed by atoms with van der Waals surface area (Å²) in [5, 5.41) is 0. The minimum Gasteiger partial charge on any atom is -0.307 e. The van der Waals surface area contributed by atoms with Gasteiger partial charge in [0.1, 0.15) is 0 Å². The van der Waals surface area contributed by atoms with Crippen molar-refractivity contribution < 1.29 is 22.8 Å². The first-order valence-electron chi connectivity index (χ1n) is 7.40. The number of alkyl halides is 3. The Kier molecular flexibility index (Phi) is 3.91. The topological polar surface area (TPSA) is 37.4 Å². The fourth-order valence-electron chi connectivity index (χ4n) is 2.75. The monoisotopic (exact) mass is 333 g/mol. The number of benzene rings is 2. The van der Waals surface area contributed by atoms with Gasteiger partial charge in [-0.3, -0.25) is 9.59 Å². The molecule has 3 nitrogen and oxygen atoms in total. The SMILES string of the molecule is Cc1ccc2c(c1)C(=O)CCN2C(=O)c1ccc(C(F)(F)F)cc1. The molecule has 0 N–H and O–H groups in total. The summed E-state index contributed by atoms with van der Waals surface area (Å²) >= 11 is 0. The van der Waals surface area contributed by atoms with Crippen LogP contribution in [0.3, 0.4) is 0 Å². The van der Waals surface area contributed by atoms with E-state index in [2.05, 4.69) is 0 Å². The molecule has 1 heterocycles. The van der Waals surface area contributed by atoms with E-state index in [0.717, 1.165) is 29.8 Å². The Hall–Kier alpha value is -2.63. The molecule has 0 aliphatic carbocycles. The summed E-state index contributed by atoms with van der Waals surface area (Å²) in [7, 11) is 0. The summed E-state index contributed by atoms with van der Waals surface area (Å²) in [6, 6.07) is 9.32. The van der Waals surface area contributed by atoms with Crippen LogP contribution >= 0.6 is 0 Å². The molecular weight excluding hydrogens is 319 g/mol. The van der Waals surface area contributed by atoms with E-state index < -0.39 is 17.6 Å². The Bertz CT molecular complexity index is 810. The zero-order chi connectivity index (χ0) is 17.5. The van der Waals surface area contributed by atoms with Crippen LogP contribution in [0.4, 0.5) is 18.9 Å². The first-order chi connectivity index (χ1) is 11.3. The number of hydrogen-bond donors (Lipinski definition) is 0. The van der Waals surface area contributed by atoms with Gasteiger partial charge in [-0.1, -0.05) is 11.6 Å². The number of hydrogen-bond acceptors (Lipinski definition) is 2. The van der Waals surface area contributed by atoms with Crippen molar-refractivity contribution in [2.75, 3.05) is 11.4 Å². The summed E-state index contributed by atoms with van der Waals surface area (Å²) in [5.41, 5.74) is 1.24. The summed E-state index contributed by atoms with van der Waals surface area (Å²) in [6.07, 6.45) is -4.24. The van der Waals surface area contributed by atoms with Crippen LogP contribution in [0.1, 0.15) is 38.3 Å². The maximum absolute atomic E-state index is 12.6. The largest absolute Gasteiger partial charge is 0.416 e. The molecule has 0 fully saturated rings. The highest BCUT2D eigenvalue weighted by Crippen LogP contribution is 2.31. The highest BCUT2D eigenvalue weighted by Gasteiger charge is 2.31. The van der Waals surface area contributed by atoms with Gasteiger partial charge >= 0.3 is 6.18 Å². The smallest absolute Gasteiger partial charge is 0.307 e. The van der Waals surface area contributed by atoms with Crippen molar-refractivity contribution in [3.8, 4) is 0 Å². The molecule has 124 valence electrons. The molecule has 24 heavy (non-hydrogen) atoms. The van der Waals surface area contributed by atoms with Crippen molar-refractivity contribution in [3.63, 3.8) is 0 Å². The first kappa shape index (κ1) is 16.2. The van der Waals surface area contributed by atoms with E-state index in [-0.39, 0.29) is 24.3 Å². The maximum Gasteiger partial charge on any atom is 0.416 e. The minimum atomic E-state index is -4.44. The number of carbonyl (C=O) groups is 2. The second-order valence-corrected chi connectivity index (χ2v) is 5.73. The second-order valence-electron chi connectivity index (χ2n) is 5.73. The Balaban J connectivity index is 1.94. The number of halogens is 3. The fourth-order valence-corrected chi connectivity index (χ4v) is 2.75. The van der Waals surface area contributed by atoms with E-state index in [1.807, 2.05) is 6.92 Å². The molecule has 1 aliphatic rings. The van der Waals surface area contributed by atoms with Crippen molar-refractivity contribution in [1.29, 1.82) is 0 Å². The van der Waals surface area contributed by atoms with Gasteiger partial charge in [-0.2, -0.15) is 13.2 Å².